The lowest BCUT2D eigenvalue weighted by molar-refractivity contribution is -0.140. The van der Waals surface area contributed by atoms with Crippen molar-refractivity contribution in [3.63, 3.8) is 0 Å². The Kier molecular flexibility index (Phi) is 8.27. The van der Waals surface area contributed by atoms with Gasteiger partial charge >= 0.3 is 6.18 Å². The molecule has 160 valence electrons. The van der Waals surface area contributed by atoms with Crippen LogP contribution < -0.4 is 10.6 Å². The summed E-state index contributed by atoms with van der Waals surface area (Å²) in [5.74, 6) is 0.334. The van der Waals surface area contributed by atoms with Crippen LogP contribution in [0.1, 0.15) is 35.5 Å². The Morgan fingerprint density at radius 1 is 1.21 bits per heavy atom. The average molecular weight is 542 g/mol. The van der Waals surface area contributed by atoms with Gasteiger partial charge in [-0.2, -0.15) is 13.2 Å². The Balaban J connectivity index is 0.00000300. The number of benzene rings is 1. The minimum Gasteiger partial charge on any atom is -0.356 e. The summed E-state index contributed by atoms with van der Waals surface area (Å²) in [6, 6.07) is 6.61. The number of rotatable bonds is 6. The van der Waals surface area contributed by atoms with E-state index in [1.807, 2.05) is 12.1 Å². The fraction of sp³-hybridized carbons (Fsp3) is 0.474. The largest absolute Gasteiger partial charge is 0.434 e. The highest BCUT2D eigenvalue weighted by molar-refractivity contribution is 14.0. The Bertz CT molecular complexity index is 816. The number of aromatic nitrogens is 1. The van der Waals surface area contributed by atoms with Crippen molar-refractivity contribution in [1.29, 1.82) is 0 Å². The molecule has 1 aliphatic rings. The quantitative estimate of drug-likeness (QED) is 0.240. The van der Waals surface area contributed by atoms with Crippen LogP contribution in [0.2, 0.25) is 0 Å². The second kappa shape index (κ2) is 10.1. The van der Waals surface area contributed by atoms with Crippen LogP contribution in [0, 0.1) is 5.82 Å². The zero-order valence-corrected chi connectivity index (χ0v) is 19.0. The van der Waals surface area contributed by atoms with Gasteiger partial charge in [0.2, 0.25) is 0 Å². The average Bonchev–Trinajstić information content (AvgIpc) is 3.10. The number of hydrogen-bond acceptors (Lipinski definition) is 3. The van der Waals surface area contributed by atoms with Crippen LogP contribution in [0.15, 0.2) is 34.6 Å². The number of aliphatic imine (C=N–C) groups is 1. The summed E-state index contributed by atoms with van der Waals surface area (Å²) in [7, 11) is 1.64. The molecule has 1 saturated carbocycles. The lowest BCUT2D eigenvalue weighted by atomic mass is 9.64. The van der Waals surface area contributed by atoms with Crippen LogP contribution in [0.5, 0.6) is 0 Å². The van der Waals surface area contributed by atoms with E-state index >= 15 is 0 Å². The summed E-state index contributed by atoms with van der Waals surface area (Å²) in [5.41, 5.74) is 0.217. The summed E-state index contributed by atoms with van der Waals surface area (Å²) in [5, 5.41) is 7.86. The lowest BCUT2D eigenvalue weighted by Crippen LogP contribution is -2.49. The van der Waals surface area contributed by atoms with Crippen LogP contribution in [0.4, 0.5) is 17.6 Å². The molecule has 0 aliphatic heterocycles. The minimum absolute atomic E-state index is 0. The normalized spacial score (nSPS) is 16.0. The third kappa shape index (κ3) is 6.03. The van der Waals surface area contributed by atoms with E-state index < -0.39 is 11.9 Å². The number of nitrogens with zero attached hydrogens (tertiary/aromatic N) is 2. The Hall–Kier alpha value is -1.43. The Morgan fingerprint density at radius 3 is 2.41 bits per heavy atom. The van der Waals surface area contributed by atoms with Gasteiger partial charge in [-0.3, -0.25) is 4.99 Å². The molecular weight excluding hydrogens is 519 g/mol. The second-order valence-electron chi connectivity index (χ2n) is 6.87. The topological polar surface area (TPSA) is 49.3 Å². The summed E-state index contributed by atoms with van der Waals surface area (Å²) in [4.78, 5) is 7.79. The number of alkyl halides is 3. The molecule has 2 N–H and O–H groups in total. The first-order chi connectivity index (χ1) is 13.3. The molecule has 1 fully saturated rings. The van der Waals surface area contributed by atoms with Crippen LogP contribution >= 0.6 is 35.3 Å². The van der Waals surface area contributed by atoms with Crippen molar-refractivity contribution in [2.45, 2.75) is 37.3 Å². The zero-order valence-electron chi connectivity index (χ0n) is 15.9. The van der Waals surface area contributed by atoms with Crippen molar-refractivity contribution in [1.82, 2.24) is 15.6 Å². The van der Waals surface area contributed by atoms with E-state index in [0.717, 1.165) is 41.5 Å². The predicted molar refractivity (Wildman–Crippen MR) is 118 cm³/mol. The van der Waals surface area contributed by atoms with Gasteiger partial charge in [-0.05, 0) is 30.5 Å². The van der Waals surface area contributed by atoms with Gasteiger partial charge in [0, 0.05) is 37.4 Å². The highest BCUT2D eigenvalue weighted by Crippen LogP contribution is 2.43. The fourth-order valence-corrected chi connectivity index (χ4v) is 4.10. The number of hydrogen-bond donors (Lipinski definition) is 2. The maximum absolute atomic E-state index is 13.2. The molecule has 0 spiro atoms. The molecule has 10 heteroatoms. The van der Waals surface area contributed by atoms with Crippen LogP contribution in [-0.4, -0.2) is 31.1 Å². The van der Waals surface area contributed by atoms with E-state index in [1.54, 1.807) is 7.05 Å². The summed E-state index contributed by atoms with van der Waals surface area (Å²) < 4.78 is 51.0. The lowest BCUT2D eigenvalue weighted by Gasteiger charge is -2.43. The van der Waals surface area contributed by atoms with Crippen molar-refractivity contribution < 1.29 is 17.6 Å². The maximum atomic E-state index is 13.2. The monoisotopic (exact) mass is 542 g/mol. The zero-order chi connectivity index (χ0) is 20.2. The van der Waals surface area contributed by atoms with Gasteiger partial charge in [-0.25, -0.2) is 9.37 Å². The van der Waals surface area contributed by atoms with E-state index in [4.69, 9.17) is 0 Å². The molecular formula is C19H23F4IN4S. The number of thiazole rings is 1. The molecule has 0 unspecified atom stereocenters. The van der Waals surface area contributed by atoms with E-state index in [-0.39, 0.29) is 35.2 Å². The molecule has 0 radical (unpaired) electrons. The van der Waals surface area contributed by atoms with Crippen molar-refractivity contribution in [3.05, 3.63) is 51.7 Å². The van der Waals surface area contributed by atoms with Crippen molar-refractivity contribution >= 4 is 41.3 Å². The predicted octanol–water partition coefficient (Wildman–Crippen LogP) is 4.75. The number of halogens is 5. The molecule has 1 heterocycles. The van der Waals surface area contributed by atoms with Crippen LogP contribution in [-0.2, 0) is 18.0 Å². The molecule has 3 rings (SSSR count). The third-order valence-corrected chi connectivity index (χ3v) is 5.97. The Labute approximate surface area is 188 Å². The van der Waals surface area contributed by atoms with Gasteiger partial charge in [-0.1, -0.05) is 18.6 Å². The van der Waals surface area contributed by atoms with Crippen LogP contribution in [0.25, 0.3) is 0 Å². The number of nitrogens with one attached hydrogen (secondary N) is 2. The van der Waals surface area contributed by atoms with Gasteiger partial charge in [0.05, 0.1) is 5.01 Å². The first-order valence-electron chi connectivity index (χ1n) is 9.05. The molecule has 1 aromatic carbocycles. The van der Waals surface area contributed by atoms with Crippen molar-refractivity contribution in [2.24, 2.45) is 4.99 Å². The van der Waals surface area contributed by atoms with Gasteiger partial charge in [-0.15, -0.1) is 35.3 Å². The van der Waals surface area contributed by atoms with Crippen molar-refractivity contribution in [3.8, 4) is 0 Å². The number of guanidine groups is 1. The second-order valence-corrected chi connectivity index (χ2v) is 7.81. The molecule has 0 bridgehead atoms. The molecule has 4 nitrogen and oxygen atoms in total. The maximum Gasteiger partial charge on any atom is 0.434 e. The Morgan fingerprint density at radius 2 is 1.90 bits per heavy atom. The highest BCUT2D eigenvalue weighted by atomic mass is 127. The summed E-state index contributed by atoms with van der Waals surface area (Å²) in [6.45, 7) is 1.09. The van der Waals surface area contributed by atoms with Crippen LogP contribution in [0.3, 0.4) is 0 Å². The van der Waals surface area contributed by atoms with E-state index in [1.165, 1.54) is 12.1 Å². The van der Waals surface area contributed by atoms with Gasteiger partial charge < -0.3 is 10.6 Å². The van der Waals surface area contributed by atoms with Crippen molar-refractivity contribution in [2.75, 3.05) is 20.1 Å². The SMILES string of the molecule is CN=C(NCCc1nc(C(F)(F)F)cs1)NCC1(c2ccc(F)cc2)CCC1.I. The van der Waals surface area contributed by atoms with Gasteiger partial charge in [0.1, 0.15) is 5.82 Å². The van der Waals surface area contributed by atoms with E-state index in [9.17, 15) is 17.6 Å². The molecule has 29 heavy (non-hydrogen) atoms. The molecule has 1 aromatic heterocycles. The standard InChI is InChI=1S/C19H22F4N4S.HI/c1-24-17(25-10-7-16-27-15(11-28-16)19(21,22)23)26-12-18(8-2-9-18)13-3-5-14(20)6-4-13;/h3-6,11H,2,7-10,12H2,1H3,(H2,24,25,26);1H. The molecule has 0 saturated heterocycles. The molecule has 0 amide bonds. The summed E-state index contributed by atoms with van der Waals surface area (Å²) in [6.07, 6.45) is -0.873. The minimum atomic E-state index is -4.41. The molecule has 2 aromatic rings. The van der Waals surface area contributed by atoms with E-state index in [2.05, 4.69) is 20.6 Å². The first kappa shape index (κ1) is 23.8. The first-order valence-corrected chi connectivity index (χ1v) is 9.92. The molecule has 1 aliphatic carbocycles. The third-order valence-electron chi connectivity index (χ3n) is 5.06. The van der Waals surface area contributed by atoms with Gasteiger partial charge in [0.25, 0.3) is 0 Å². The van der Waals surface area contributed by atoms with Gasteiger partial charge in [0.15, 0.2) is 11.7 Å². The highest BCUT2D eigenvalue weighted by Gasteiger charge is 2.38. The smallest absolute Gasteiger partial charge is 0.356 e. The molecule has 0 atom stereocenters. The fourth-order valence-electron chi connectivity index (χ4n) is 3.29. The summed E-state index contributed by atoms with van der Waals surface area (Å²) >= 11 is 1.00. The van der Waals surface area contributed by atoms with E-state index in [0.29, 0.717) is 30.5 Å².